The lowest BCUT2D eigenvalue weighted by molar-refractivity contribution is -0.183. The summed E-state index contributed by atoms with van der Waals surface area (Å²) >= 11 is 0. The van der Waals surface area contributed by atoms with E-state index in [1.807, 2.05) is 0 Å². The number of hydrogen-bond acceptors (Lipinski definition) is 5. The van der Waals surface area contributed by atoms with Crippen LogP contribution < -0.4 is 0 Å². The van der Waals surface area contributed by atoms with Crippen molar-refractivity contribution in [3.63, 3.8) is 0 Å². The number of ether oxygens (including phenoxy) is 1. The van der Waals surface area contributed by atoms with Crippen molar-refractivity contribution in [3.8, 4) is 0 Å². The number of aliphatic hydroxyl groups is 1. The van der Waals surface area contributed by atoms with Crippen molar-refractivity contribution < 1.29 is 19.4 Å². The second kappa shape index (κ2) is 10.1. The fraction of sp³-hybridized carbons (Fsp3) is 0.926. The smallest absolute Gasteiger partial charge is 0.306 e. The van der Waals surface area contributed by atoms with Crippen LogP contribution in [-0.2, 0) is 14.3 Å². The molecule has 0 amide bonds. The van der Waals surface area contributed by atoms with Gasteiger partial charge in [0.05, 0.1) is 13.0 Å². The number of hydrogen-bond donors (Lipinski definition) is 1. The first-order chi connectivity index (χ1) is 15.4. The Balaban J connectivity index is 1.31. The second-order valence-electron chi connectivity index (χ2n) is 12.1. The number of ketones is 1. The molecule has 0 radical (unpaired) electrons. The lowest BCUT2D eigenvalue weighted by Gasteiger charge is -2.64. The van der Waals surface area contributed by atoms with Crippen LogP contribution in [0.15, 0.2) is 0 Å². The fourth-order valence-electron chi connectivity index (χ4n) is 7.78. The summed E-state index contributed by atoms with van der Waals surface area (Å²) in [6.45, 7) is 5.90. The first-order valence-corrected chi connectivity index (χ1v) is 13.4. The normalized spacial score (nSPS) is 36.0. The quantitative estimate of drug-likeness (QED) is 0.321. The van der Waals surface area contributed by atoms with Gasteiger partial charge in [-0.3, -0.25) is 9.59 Å². The van der Waals surface area contributed by atoms with E-state index in [-0.39, 0.29) is 28.8 Å². The average molecular weight is 448 g/mol. The molecule has 0 unspecified atom stereocenters. The molecule has 32 heavy (non-hydrogen) atoms. The number of aliphatic hydroxyl groups excluding tert-OH is 1. The van der Waals surface area contributed by atoms with E-state index in [1.165, 1.54) is 38.5 Å². The third kappa shape index (κ3) is 5.58. The number of esters is 1. The zero-order chi connectivity index (χ0) is 22.7. The van der Waals surface area contributed by atoms with Crippen molar-refractivity contribution in [3.05, 3.63) is 0 Å². The van der Waals surface area contributed by atoms with E-state index in [0.29, 0.717) is 31.7 Å². The van der Waals surface area contributed by atoms with Crippen LogP contribution >= 0.6 is 0 Å². The molecule has 5 nitrogen and oxygen atoms in total. The summed E-state index contributed by atoms with van der Waals surface area (Å²) in [7, 11) is 0. The summed E-state index contributed by atoms with van der Waals surface area (Å²) in [6, 6.07) is 0. The highest BCUT2D eigenvalue weighted by atomic mass is 16.5. The van der Waals surface area contributed by atoms with Gasteiger partial charge in [0, 0.05) is 38.0 Å². The number of piperidine rings is 2. The van der Waals surface area contributed by atoms with Crippen molar-refractivity contribution in [2.45, 2.75) is 103 Å². The zero-order valence-corrected chi connectivity index (χ0v) is 20.3. The molecule has 1 N–H and O–H groups in total. The fourth-order valence-corrected chi connectivity index (χ4v) is 7.78. The molecule has 6 aliphatic rings. The van der Waals surface area contributed by atoms with Gasteiger partial charge in [-0.2, -0.15) is 0 Å². The van der Waals surface area contributed by atoms with Crippen molar-refractivity contribution >= 4 is 11.8 Å². The van der Waals surface area contributed by atoms with Crippen LogP contribution in [0.3, 0.4) is 0 Å². The van der Waals surface area contributed by atoms with E-state index < -0.39 is 0 Å². The summed E-state index contributed by atoms with van der Waals surface area (Å²) in [4.78, 5) is 27.5. The monoisotopic (exact) mass is 447 g/mol. The van der Waals surface area contributed by atoms with Crippen LogP contribution in [0.4, 0.5) is 0 Å². The van der Waals surface area contributed by atoms with Crippen molar-refractivity contribution in [2.75, 3.05) is 32.8 Å². The van der Waals surface area contributed by atoms with Gasteiger partial charge >= 0.3 is 5.97 Å². The van der Waals surface area contributed by atoms with Gasteiger partial charge in [0.25, 0.3) is 0 Å². The molecule has 0 spiro atoms. The minimum Gasteiger partial charge on any atom is -0.465 e. The molecular weight excluding hydrogens is 402 g/mol. The maximum absolute atomic E-state index is 12.8. The zero-order valence-electron chi connectivity index (χ0n) is 20.3. The van der Waals surface area contributed by atoms with Crippen LogP contribution in [0, 0.1) is 22.2 Å². The van der Waals surface area contributed by atoms with Gasteiger partial charge in [0.15, 0.2) is 0 Å². The molecule has 0 aromatic heterocycles. The standard InChI is InChI=1S/C27H45NO4/c1-2-5-23(30)9-13-26-17-27(18-26,20-28(19-26)14-3-4-15-29)21-32-24(31)16-25-10-6-22(7-11-25)8-12-25/h22,29H,2-21H2,1H3. The first-order valence-electron chi connectivity index (χ1n) is 13.4. The Morgan fingerprint density at radius 2 is 1.66 bits per heavy atom. The Morgan fingerprint density at radius 3 is 2.31 bits per heavy atom. The Labute approximate surface area is 194 Å². The number of Topliss-reactive ketones (excluding diaryl/α,β-unsaturated/α-hetero) is 1. The summed E-state index contributed by atoms with van der Waals surface area (Å²) in [5, 5.41) is 9.16. The highest BCUT2D eigenvalue weighted by Crippen LogP contribution is 2.61. The van der Waals surface area contributed by atoms with Gasteiger partial charge in [-0.1, -0.05) is 6.92 Å². The Bertz CT molecular complexity index is 647. The van der Waals surface area contributed by atoms with Gasteiger partial charge in [-0.05, 0) is 100 Å². The number of carbonyl (C=O) groups excluding carboxylic acids is 2. The van der Waals surface area contributed by atoms with E-state index in [1.54, 1.807) is 0 Å². The molecule has 2 aliphatic heterocycles. The molecule has 6 rings (SSSR count). The minimum atomic E-state index is 0.0211. The van der Waals surface area contributed by atoms with Crippen LogP contribution in [-0.4, -0.2) is 54.6 Å². The van der Waals surface area contributed by atoms with E-state index in [4.69, 9.17) is 9.84 Å². The van der Waals surface area contributed by atoms with Crippen molar-refractivity contribution in [2.24, 2.45) is 22.2 Å². The minimum absolute atomic E-state index is 0.0211. The highest BCUT2D eigenvalue weighted by Gasteiger charge is 2.59. The number of nitrogens with zero attached hydrogens (tertiary/aromatic N) is 1. The molecule has 4 bridgehead atoms. The molecular formula is C27H45NO4. The topological polar surface area (TPSA) is 66.8 Å². The molecule has 0 aromatic rings. The summed E-state index contributed by atoms with van der Waals surface area (Å²) < 4.78 is 5.98. The van der Waals surface area contributed by atoms with Crippen LogP contribution in [0.2, 0.25) is 0 Å². The number of unbranched alkanes of at least 4 members (excludes halogenated alkanes) is 1. The molecule has 0 aromatic carbocycles. The maximum atomic E-state index is 12.8. The van der Waals surface area contributed by atoms with Gasteiger partial charge in [-0.25, -0.2) is 0 Å². The third-order valence-corrected chi connectivity index (χ3v) is 9.27. The molecule has 0 atom stereocenters. The number of carbonyl (C=O) groups is 2. The maximum Gasteiger partial charge on any atom is 0.306 e. The van der Waals surface area contributed by atoms with Crippen molar-refractivity contribution in [1.29, 1.82) is 0 Å². The van der Waals surface area contributed by atoms with Gasteiger partial charge in [0.2, 0.25) is 0 Å². The van der Waals surface area contributed by atoms with Crippen LogP contribution in [0.5, 0.6) is 0 Å². The summed E-state index contributed by atoms with van der Waals surface area (Å²) in [5.41, 5.74) is 0.520. The Hall–Kier alpha value is -0.940. The first kappa shape index (κ1) is 24.2. The van der Waals surface area contributed by atoms with Gasteiger partial charge in [0.1, 0.15) is 5.78 Å². The molecule has 4 saturated carbocycles. The highest BCUT2D eigenvalue weighted by molar-refractivity contribution is 5.78. The van der Waals surface area contributed by atoms with E-state index >= 15 is 0 Å². The Morgan fingerprint density at radius 1 is 0.969 bits per heavy atom. The van der Waals surface area contributed by atoms with Crippen LogP contribution in [0.1, 0.15) is 103 Å². The molecule has 6 fully saturated rings. The summed E-state index contributed by atoms with van der Waals surface area (Å²) in [6.07, 6.45) is 15.5. The molecule has 5 heteroatoms. The summed E-state index contributed by atoms with van der Waals surface area (Å²) in [5.74, 6) is 1.33. The number of fused-ring (bicyclic) bond motifs is 5. The molecule has 4 aliphatic carbocycles. The third-order valence-electron chi connectivity index (χ3n) is 9.27. The van der Waals surface area contributed by atoms with Gasteiger partial charge < -0.3 is 14.7 Å². The molecule has 2 heterocycles. The van der Waals surface area contributed by atoms with E-state index in [2.05, 4.69) is 11.8 Å². The second-order valence-corrected chi connectivity index (χ2v) is 12.1. The van der Waals surface area contributed by atoms with E-state index in [0.717, 1.165) is 64.1 Å². The Kier molecular flexibility index (Phi) is 7.66. The SMILES string of the molecule is CCCC(=O)CCC12CN(CCCCO)CC(COC(=O)CC34CCC(CC3)CC4)(C1)C2. The molecule has 2 saturated heterocycles. The lowest BCUT2D eigenvalue weighted by atomic mass is 9.48. The predicted octanol–water partition coefficient (Wildman–Crippen LogP) is 4.89. The number of rotatable bonds is 13. The van der Waals surface area contributed by atoms with Crippen LogP contribution in [0.25, 0.3) is 0 Å². The lowest BCUT2D eigenvalue weighted by Crippen LogP contribution is -2.64. The predicted molar refractivity (Wildman–Crippen MR) is 125 cm³/mol. The van der Waals surface area contributed by atoms with Crippen molar-refractivity contribution in [1.82, 2.24) is 4.90 Å². The van der Waals surface area contributed by atoms with E-state index in [9.17, 15) is 9.59 Å². The van der Waals surface area contributed by atoms with Gasteiger partial charge in [-0.15, -0.1) is 0 Å². The molecule has 182 valence electrons. The largest absolute Gasteiger partial charge is 0.465 e. The average Bonchev–Trinajstić information content (AvgIpc) is 2.77.